The predicted octanol–water partition coefficient (Wildman–Crippen LogP) is 3.51. The summed E-state index contributed by atoms with van der Waals surface area (Å²) in [6.07, 6.45) is 2.02. The summed E-state index contributed by atoms with van der Waals surface area (Å²) in [4.78, 5) is 14.9. The van der Waals surface area contributed by atoms with E-state index in [1.165, 1.54) is 0 Å². The van der Waals surface area contributed by atoms with E-state index >= 15 is 0 Å². The first-order valence-electron chi connectivity index (χ1n) is 7.82. The van der Waals surface area contributed by atoms with Gasteiger partial charge in [0.1, 0.15) is 0 Å². The fourth-order valence-corrected chi connectivity index (χ4v) is 2.86. The lowest BCUT2D eigenvalue weighted by Gasteiger charge is -2.34. The highest BCUT2D eigenvalue weighted by Crippen LogP contribution is 2.19. The normalized spacial score (nSPS) is 17.9. The molecule has 1 amide bonds. The van der Waals surface area contributed by atoms with Crippen LogP contribution in [0.1, 0.15) is 28.8 Å². The summed E-state index contributed by atoms with van der Waals surface area (Å²) in [6.45, 7) is 2.06. The molecular formula is C19H21NO2. The van der Waals surface area contributed by atoms with Crippen LogP contribution < -0.4 is 0 Å². The molecule has 3 heteroatoms. The van der Waals surface area contributed by atoms with Gasteiger partial charge in [-0.3, -0.25) is 4.79 Å². The Hall–Kier alpha value is -2.13. The van der Waals surface area contributed by atoms with E-state index < -0.39 is 0 Å². The Bertz CT molecular complexity index is 591. The molecule has 3 nitrogen and oxygen atoms in total. The molecule has 1 unspecified atom stereocenters. The number of hydrogen-bond donors (Lipinski definition) is 0. The van der Waals surface area contributed by atoms with Crippen LogP contribution in [0.5, 0.6) is 0 Å². The minimum atomic E-state index is 0.0833. The van der Waals surface area contributed by atoms with E-state index in [-0.39, 0.29) is 11.9 Å². The van der Waals surface area contributed by atoms with Gasteiger partial charge in [0.15, 0.2) is 0 Å². The molecule has 1 heterocycles. The summed E-state index contributed by atoms with van der Waals surface area (Å²) in [5.74, 6) is 0.0833. The van der Waals surface area contributed by atoms with E-state index in [1.54, 1.807) is 0 Å². The molecule has 0 spiro atoms. The van der Waals surface area contributed by atoms with Crippen molar-refractivity contribution in [3.63, 3.8) is 0 Å². The molecule has 0 saturated carbocycles. The predicted molar refractivity (Wildman–Crippen MR) is 86.6 cm³/mol. The van der Waals surface area contributed by atoms with Gasteiger partial charge in [0, 0.05) is 18.7 Å². The second-order valence-corrected chi connectivity index (χ2v) is 5.66. The zero-order valence-electron chi connectivity index (χ0n) is 12.7. The van der Waals surface area contributed by atoms with Crippen molar-refractivity contribution in [3.05, 3.63) is 71.8 Å². The van der Waals surface area contributed by atoms with Gasteiger partial charge in [0.05, 0.1) is 12.6 Å². The standard InChI is InChI=1S/C19H21NO2/c21-19(17-10-5-2-6-11-17)20(18-12-7-13-22-15-18)14-16-8-3-1-4-9-16/h1-6,8-11,18H,7,12-15H2. The number of carbonyl (C=O) groups excluding carboxylic acids is 1. The molecule has 0 radical (unpaired) electrons. The molecule has 0 aromatic heterocycles. The van der Waals surface area contributed by atoms with Gasteiger partial charge in [-0.05, 0) is 30.5 Å². The molecule has 1 fully saturated rings. The van der Waals surface area contributed by atoms with Crippen molar-refractivity contribution in [2.24, 2.45) is 0 Å². The number of carbonyl (C=O) groups is 1. The Kier molecular flexibility index (Phi) is 4.86. The van der Waals surface area contributed by atoms with Gasteiger partial charge < -0.3 is 9.64 Å². The molecule has 2 aromatic carbocycles. The second kappa shape index (κ2) is 7.23. The average Bonchev–Trinajstić information content (AvgIpc) is 2.61. The van der Waals surface area contributed by atoms with Crippen LogP contribution in [0.15, 0.2) is 60.7 Å². The molecule has 0 aliphatic carbocycles. The highest BCUT2D eigenvalue weighted by molar-refractivity contribution is 5.94. The molecule has 1 aliphatic rings. The first kappa shape index (κ1) is 14.8. The number of ether oxygens (including phenoxy) is 1. The molecule has 0 bridgehead atoms. The molecule has 1 aliphatic heterocycles. The fraction of sp³-hybridized carbons (Fsp3) is 0.316. The van der Waals surface area contributed by atoms with Gasteiger partial charge >= 0.3 is 0 Å². The van der Waals surface area contributed by atoms with E-state index in [1.807, 2.05) is 53.4 Å². The van der Waals surface area contributed by atoms with Gasteiger partial charge in [-0.2, -0.15) is 0 Å². The Morgan fingerprint density at radius 1 is 1.05 bits per heavy atom. The number of rotatable bonds is 4. The van der Waals surface area contributed by atoms with E-state index in [4.69, 9.17) is 4.74 Å². The summed E-state index contributed by atoms with van der Waals surface area (Å²) in [6, 6.07) is 19.8. The topological polar surface area (TPSA) is 29.5 Å². The summed E-state index contributed by atoms with van der Waals surface area (Å²) in [5, 5.41) is 0. The number of benzene rings is 2. The van der Waals surface area contributed by atoms with Crippen molar-refractivity contribution in [2.45, 2.75) is 25.4 Å². The Morgan fingerprint density at radius 3 is 2.36 bits per heavy atom. The number of hydrogen-bond acceptors (Lipinski definition) is 2. The van der Waals surface area contributed by atoms with Gasteiger partial charge in [-0.15, -0.1) is 0 Å². The molecule has 22 heavy (non-hydrogen) atoms. The molecule has 0 N–H and O–H groups in total. The van der Waals surface area contributed by atoms with Gasteiger partial charge in [0.25, 0.3) is 5.91 Å². The van der Waals surface area contributed by atoms with Crippen LogP contribution in [-0.2, 0) is 11.3 Å². The van der Waals surface area contributed by atoms with Crippen molar-refractivity contribution >= 4 is 5.91 Å². The van der Waals surface area contributed by atoms with E-state index in [2.05, 4.69) is 12.1 Å². The van der Waals surface area contributed by atoms with Crippen molar-refractivity contribution in [3.8, 4) is 0 Å². The number of amides is 1. The van der Waals surface area contributed by atoms with Crippen LogP contribution in [0.4, 0.5) is 0 Å². The maximum Gasteiger partial charge on any atom is 0.254 e. The molecule has 3 rings (SSSR count). The monoisotopic (exact) mass is 295 g/mol. The van der Waals surface area contributed by atoms with Crippen molar-refractivity contribution in [1.29, 1.82) is 0 Å². The summed E-state index contributed by atoms with van der Waals surface area (Å²) in [5.41, 5.74) is 1.89. The average molecular weight is 295 g/mol. The van der Waals surface area contributed by atoms with E-state index in [0.717, 1.165) is 30.6 Å². The van der Waals surface area contributed by atoms with Gasteiger partial charge in [0.2, 0.25) is 0 Å². The third-order valence-corrected chi connectivity index (χ3v) is 4.05. The smallest absolute Gasteiger partial charge is 0.254 e. The summed E-state index contributed by atoms with van der Waals surface area (Å²) in [7, 11) is 0. The first-order chi connectivity index (χ1) is 10.8. The van der Waals surface area contributed by atoms with E-state index in [0.29, 0.717) is 13.2 Å². The van der Waals surface area contributed by atoms with Gasteiger partial charge in [-0.25, -0.2) is 0 Å². The molecular weight excluding hydrogens is 274 g/mol. The Labute approximate surface area is 131 Å². The van der Waals surface area contributed by atoms with Crippen LogP contribution in [-0.4, -0.2) is 30.1 Å². The quantitative estimate of drug-likeness (QED) is 0.864. The van der Waals surface area contributed by atoms with Crippen LogP contribution in [0.2, 0.25) is 0 Å². The molecule has 1 atom stereocenters. The van der Waals surface area contributed by atoms with Crippen molar-refractivity contribution < 1.29 is 9.53 Å². The Morgan fingerprint density at radius 2 is 1.73 bits per heavy atom. The SMILES string of the molecule is O=C(c1ccccc1)N(Cc1ccccc1)C1CCCOC1. The zero-order valence-corrected chi connectivity index (χ0v) is 12.7. The summed E-state index contributed by atoms with van der Waals surface area (Å²) < 4.78 is 5.59. The maximum absolute atomic E-state index is 12.9. The van der Waals surface area contributed by atoms with Gasteiger partial charge in [-0.1, -0.05) is 48.5 Å². The largest absolute Gasteiger partial charge is 0.379 e. The third-order valence-electron chi connectivity index (χ3n) is 4.05. The van der Waals surface area contributed by atoms with Crippen LogP contribution in [0.3, 0.4) is 0 Å². The van der Waals surface area contributed by atoms with Crippen LogP contribution >= 0.6 is 0 Å². The lowest BCUT2D eigenvalue weighted by molar-refractivity contribution is 0.0143. The fourth-order valence-electron chi connectivity index (χ4n) is 2.86. The first-order valence-corrected chi connectivity index (χ1v) is 7.82. The summed E-state index contributed by atoms with van der Waals surface area (Å²) >= 11 is 0. The lowest BCUT2D eigenvalue weighted by Crippen LogP contribution is -2.44. The van der Waals surface area contributed by atoms with Crippen LogP contribution in [0, 0.1) is 0 Å². The van der Waals surface area contributed by atoms with Crippen molar-refractivity contribution in [1.82, 2.24) is 4.90 Å². The van der Waals surface area contributed by atoms with Crippen molar-refractivity contribution in [2.75, 3.05) is 13.2 Å². The molecule has 2 aromatic rings. The highest BCUT2D eigenvalue weighted by atomic mass is 16.5. The minimum Gasteiger partial charge on any atom is -0.379 e. The minimum absolute atomic E-state index is 0.0833. The number of nitrogens with zero attached hydrogens (tertiary/aromatic N) is 1. The third kappa shape index (κ3) is 3.55. The second-order valence-electron chi connectivity index (χ2n) is 5.66. The Balaban J connectivity index is 1.83. The maximum atomic E-state index is 12.9. The van der Waals surface area contributed by atoms with Crippen LogP contribution in [0.25, 0.3) is 0 Å². The molecule has 1 saturated heterocycles. The zero-order chi connectivity index (χ0) is 15.2. The van der Waals surface area contributed by atoms with E-state index in [9.17, 15) is 4.79 Å². The molecule has 114 valence electrons. The lowest BCUT2D eigenvalue weighted by atomic mass is 10.0. The highest BCUT2D eigenvalue weighted by Gasteiger charge is 2.26.